The van der Waals surface area contributed by atoms with Crippen molar-refractivity contribution >= 4 is 23.3 Å². The maximum Gasteiger partial charge on any atom is 0.408 e. The van der Waals surface area contributed by atoms with E-state index in [-0.39, 0.29) is 22.5 Å². The quantitative estimate of drug-likeness (QED) is 0.414. The van der Waals surface area contributed by atoms with Crippen molar-refractivity contribution in [3.63, 3.8) is 0 Å². The Balaban J connectivity index is 1.89. The van der Waals surface area contributed by atoms with Crippen LogP contribution in [0, 0.1) is 17.1 Å². The number of ketones is 1. The number of benzene rings is 1. The molecule has 0 bridgehead atoms. The van der Waals surface area contributed by atoms with Crippen molar-refractivity contribution in [2.24, 2.45) is 0 Å². The first-order chi connectivity index (χ1) is 15.0. The number of fused-ring (bicyclic) bond motifs is 1. The van der Waals surface area contributed by atoms with Crippen LogP contribution in [0.4, 0.5) is 23.2 Å². The Morgan fingerprint density at radius 1 is 1.19 bits per heavy atom. The zero-order valence-corrected chi connectivity index (χ0v) is 16.8. The van der Waals surface area contributed by atoms with Crippen molar-refractivity contribution < 1.29 is 31.9 Å². The summed E-state index contributed by atoms with van der Waals surface area (Å²) in [5.41, 5.74) is 0.235. The molecule has 0 saturated carbocycles. The number of Topliss-reactive ketones (excluding diaryl/α,β-unsaturated/α-hetero) is 1. The molecule has 0 fully saturated rings. The maximum absolute atomic E-state index is 13.5. The second-order valence-electron chi connectivity index (χ2n) is 7.33. The maximum atomic E-state index is 13.5. The van der Waals surface area contributed by atoms with Crippen LogP contribution in [0.15, 0.2) is 24.3 Å². The van der Waals surface area contributed by atoms with Gasteiger partial charge < -0.3 is 15.2 Å². The number of amides is 2. The summed E-state index contributed by atoms with van der Waals surface area (Å²) >= 11 is 0. The Kier molecular flexibility index (Phi) is 6.34. The average molecular weight is 450 g/mol. The summed E-state index contributed by atoms with van der Waals surface area (Å²) in [7, 11) is 0. The summed E-state index contributed by atoms with van der Waals surface area (Å²) in [6.07, 6.45) is -2.92. The van der Waals surface area contributed by atoms with E-state index in [1.165, 1.54) is 16.7 Å². The Hall–Kier alpha value is -3.68. The van der Waals surface area contributed by atoms with Gasteiger partial charge in [0, 0.05) is 17.9 Å². The Bertz CT molecular complexity index is 1130. The lowest BCUT2D eigenvalue weighted by atomic mass is 10.1. The van der Waals surface area contributed by atoms with E-state index in [1.54, 1.807) is 11.4 Å². The molecule has 0 radical (unpaired) electrons. The van der Waals surface area contributed by atoms with Crippen molar-refractivity contribution in [3.8, 4) is 6.07 Å². The van der Waals surface area contributed by atoms with Gasteiger partial charge in [0.15, 0.2) is 0 Å². The highest BCUT2D eigenvalue weighted by atomic mass is 19.4. The number of nitrogens with zero attached hydrogens (tertiary/aromatic N) is 2. The number of carbonyl (C=O) groups is 3. The van der Waals surface area contributed by atoms with Gasteiger partial charge in [-0.2, -0.15) is 18.4 Å². The van der Waals surface area contributed by atoms with Gasteiger partial charge in [-0.25, -0.2) is 4.39 Å². The highest BCUT2D eigenvalue weighted by Gasteiger charge is 2.39. The lowest BCUT2D eigenvalue weighted by Crippen LogP contribution is -2.46. The zero-order valence-electron chi connectivity index (χ0n) is 16.8. The number of carbonyl (C=O) groups excluding carboxylic acids is 3. The predicted molar refractivity (Wildman–Crippen MR) is 104 cm³/mol. The Morgan fingerprint density at radius 2 is 1.91 bits per heavy atom. The molecular formula is C21H18F4N4O3. The van der Waals surface area contributed by atoms with Crippen LogP contribution in [0.1, 0.15) is 51.9 Å². The second-order valence-corrected chi connectivity index (χ2v) is 7.33. The molecule has 1 unspecified atom stereocenters. The summed E-state index contributed by atoms with van der Waals surface area (Å²) in [5.74, 6) is -4.02. The van der Waals surface area contributed by atoms with Crippen molar-refractivity contribution in [3.05, 3.63) is 52.6 Å². The van der Waals surface area contributed by atoms with Crippen molar-refractivity contribution in [2.75, 3.05) is 5.32 Å². The number of hydrogen-bond acceptors (Lipinski definition) is 4. The van der Waals surface area contributed by atoms with E-state index in [9.17, 15) is 31.9 Å². The van der Waals surface area contributed by atoms with Crippen molar-refractivity contribution in [1.29, 1.82) is 5.26 Å². The molecule has 1 atom stereocenters. The lowest BCUT2D eigenvalue weighted by molar-refractivity contribution is -0.156. The fourth-order valence-corrected chi connectivity index (χ4v) is 3.41. The van der Waals surface area contributed by atoms with Gasteiger partial charge in [0.05, 0.1) is 16.8 Å². The fourth-order valence-electron chi connectivity index (χ4n) is 3.41. The summed E-state index contributed by atoms with van der Waals surface area (Å²) in [6, 6.07) is 4.03. The Morgan fingerprint density at radius 3 is 2.56 bits per heavy atom. The van der Waals surface area contributed by atoms with Gasteiger partial charge in [-0.1, -0.05) is 0 Å². The number of halogens is 4. The number of nitriles is 1. The summed E-state index contributed by atoms with van der Waals surface area (Å²) < 4.78 is 53.1. The lowest BCUT2D eigenvalue weighted by Gasteiger charge is -2.19. The largest absolute Gasteiger partial charge is 0.408 e. The molecular weight excluding hydrogens is 432 g/mol. The third-order valence-corrected chi connectivity index (χ3v) is 5.12. The van der Waals surface area contributed by atoms with Crippen LogP contribution >= 0.6 is 0 Å². The van der Waals surface area contributed by atoms with Crippen LogP contribution in [0.2, 0.25) is 0 Å². The van der Waals surface area contributed by atoms with E-state index >= 15 is 0 Å². The first-order valence-electron chi connectivity index (χ1n) is 9.68. The molecule has 0 spiro atoms. The minimum absolute atomic E-state index is 0.0764. The third kappa shape index (κ3) is 4.64. The van der Waals surface area contributed by atoms with Crippen LogP contribution in [-0.4, -0.2) is 34.4 Å². The molecule has 2 amide bonds. The molecule has 168 valence electrons. The first-order valence-corrected chi connectivity index (χ1v) is 9.68. The molecule has 2 aromatic rings. The van der Waals surface area contributed by atoms with Crippen LogP contribution in [-0.2, 0) is 17.8 Å². The molecule has 11 heteroatoms. The molecule has 2 N–H and O–H groups in total. The topological polar surface area (TPSA) is 104 Å². The smallest absolute Gasteiger partial charge is 0.341 e. The molecule has 3 rings (SSSR count). The van der Waals surface area contributed by atoms with E-state index < -0.39 is 35.6 Å². The van der Waals surface area contributed by atoms with Crippen LogP contribution in [0.25, 0.3) is 0 Å². The normalized spacial score (nSPS) is 14.1. The number of rotatable bonds is 5. The molecule has 7 nitrogen and oxygen atoms in total. The number of hydrogen-bond donors (Lipinski definition) is 2. The molecule has 1 aromatic heterocycles. The van der Waals surface area contributed by atoms with Crippen LogP contribution in [0.5, 0.6) is 0 Å². The van der Waals surface area contributed by atoms with E-state index in [4.69, 9.17) is 5.26 Å². The van der Waals surface area contributed by atoms with Gasteiger partial charge in [-0.05, 0) is 50.5 Å². The number of alkyl halides is 3. The monoisotopic (exact) mass is 450 g/mol. The molecule has 1 aliphatic rings. The molecule has 0 aliphatic carbocycles. The molecule has 0 saturated heterocycles. The average Bonchev–Trinajstić information content (AvgIpc) is 3.13. The van der Waals surface area contributed by atoms with Crippen LogP contribution in [0.3, 0.4) is 0 Å². The summed E-state index contributed by atoms with van der Waals surface area (Å²) in [4.78, 5) is 37.5. The Labute approximate surface area is 180 Å². The predicted octanol–water partition coefficient (Wildman–Crippen LogP) is 3.34. The van der Waals surface area contributed by atoms with E-state index in [1.807, 2.05) is 0 Å². The summed E-state index contributed by atoms with van der Waals surface area (Å²) in [5, 5.41) is 13.1. The van der Waals surface area contributed by atoms with Crippen LogP contribution < -0.4 is 10.6 Å². The minimum Gasteiger partial charge on any atom is -0.341 e. The van der Waals surface area contributed by atoms with Gasteiger partial charge in [0.2, 0.25) is 0 Å². The van der Waals surface area contributed by atoms with E-state index in [0.717, 1.165) is 19.1 Å². The van der Waals surface area contributed by atoms with Gasteiger partial charge >= 0.3 is 6.18 Å². The molecule has 32 heavy (non-hydrogen) atoms. The summed E-state index contributed by atoms with van der Waals surface area (Å²) in [6.45, 7) is 1.04. The van der Waals surface area contributed by atoms with Crippen molar-refractivity contribution in [1.82, 2.24) is 9.88 Å². The number of nitrogens with one attached hydrogen (secondary N) is 2. The molecule has 2 heterocycles. The molecule has 1 aliphatic heterocycles. The highest BCUT2D eigenvalue weighted by Crippen LogP contribution is 2.26. The van der Waals surface area contributed by atoms with E-state index in [2.05, 4.69) is 5.32 Å². The number of aromatic nitrogens is 1. The SMILES string of the molecule is CC(NC(=O)C(=O)c1cc(C(=O)Nc2ccc(F)c(C#N)c2)c2n1CCCC2)C(F)(F)F. The minimum atomic E-state index is -4.71. The second kappa shape index (κ2) is 8.82. The van der Waals surface area contributed by atoms with Gasteiger partial charge in [-0.15, -0.1) is 0 Å². The standard InChI is InChI=1S/C21H18F4N4O3/c1-11(21(23,24)25)27-20(32)18(30)17-9-14(16-4-2-3-7-29(16)17)19(31)28-13-5-6-15(22)12(8-13)10-26/h5-6,8-9,11H,2-4,7H2,1H3,(H,27,32)(H,28,31). The van der Waals surface area contributed by atoms with Gasteiger partial charge in [0.1, 0.15) is 17.9 Å². The third-order valence-electron chi connectivity index (χ3n) is 5.12. The highest BCUT2D eigenvalue weighted by molar-refractivity contribution is 6.42. The zero-order chi connectivity index (χ0) is 23.6. The van der Waals surface area contributed by atoms with E-state index in [0.29, 0.717) is 31.5 Å². The van der Waals surface area contributed by atoms with Gasteiger partial charge in [-0.3, -0.25) is 14.4 Å². The fraction of sp³-hybridized carbons (Fsp3) is 0.333. The van der Waals surface area contributed by atoms with Crippen molar-refractivity contribution in [2.45, 2.75) is 44.9 Å². The molecule has 1 aromatic carbocycles. The first kappa shape index (κ1) is 23.0. The van der Waals surface area contributed by atoms with Gasteiger partial charge in [0.25, 0.3) is 17.6 Å². The number of anilines is 1.